The number of carbonyl (C=O) groups excluding carboxylic acids is 1. The molecule has 1 saturated heterocycles. The van der Waals surface area contributed by atoms with Gasteiger partial charge in [0, 0.05) is 18.0 Å². The molecule has 1 aromatic heterocycles. The van der Waals surface area contributed by atoms with E-state index in [0.29, 0.717) is 0 Å². The van der Waals surface area contributed by atoms with Crippen molar-refractivity contribution in [3.05, 3.63) is 21.4 Å². The van der Waals surface area contributed by atoms with Gasteiger partial charge in [0.2, 0.25) is 0 Å². The standard InChI is InChI=1S/C16H26N2OS/c1-4-14-12(3)10-15(20-14)16(19)18-8-6-13(7-9-18)11-17-5-2/h10,13,17H,4-9,11H2,1-3H3. The molecule has 1 aromatic rings. The van der Waals surface area contributed by atoms with Gasteiger partial charge >= 0.3 is 0 Å². The van der Waals surface area contributed by atoms with Crippen molar-refractivity contribution in [2.45, 2.75) is 40.0 Å². The highest BCUT2D eigenvalue weighted by Gasteiger charge is 2.24. The SMILES string of the molecule is CCNCC1CCN(C(=O)c2cc(C)c(CC)s2)CC1. The lowest BCUT2D eigenvalue weighted by Gasteiger charge is -2.31. The summed E-state index contributed by atoms with van der Waals surface area (Å²) >= 11 is 1.67. The Morgan fingerprint density at radius 2 is 2.10 bits per heavy atom. The Labute approximate surface area is 126 Å². The molecule has 1 aliphatic rings. The van der Waals surface area contributed by atoms with E-state index in [2.05, 4.69) is 32.2 Å². The minimum absolute atomic E-state index is 0.236. The molecule has 1 amide bonds. The van der Waals surface area contributed by atoms with Crippen LogP contribution >= 0.6 is 11.3 Å². The van der Waals surface area contributed by atoms with Gasteiger partial charge in [-0.15, -0.1) is 11.3 Å². The number of aryl methyl sites for hydroxylation is 2. The molecule has 3 nitrogen and oxygen atoms in total. The fraction of sp³-hybridized carbons (Fsp3) is 0.688. The monoisotopic (exact) mass is 294 g/mol. The zero-order chi connectivity index (χ0) is 14.5. The molecule has 0 atom stereocenters. The third kappa shape index (κ3) is 3.61. The fourth-order valence-electron chi connectivity index (χ4n) is 2.82. The molecular formula is C16H26N2OS. The Morgan fingerprint density at radius 1 is 1.40 bits per heavy atom. The maximum atomic E-state index is 12.5. The summed E-state index contributed by atoms with van der Waals surface area (Å²) in [5.74, 6) is 0.968. The van der Waals surface area contributed by atoms with Crippen LogP contribution in [0.5, 0.6) is 0 Å². The van der Waals surface area contributed by atoms with Gasteiger partial charge in [0.1, 0.15) is 0 Å². The molecule has 1 aliphatic heterocycles. The molecule has 112 valence electrons. The van der Waals surface area contributed by atoms with Crippen molar-refractivity contribution in [2.24, 2.45) is 5.92 Å². The van der Waals surface area contributed by atoms with E-state index in [-0.39, 0.29) is 5.91 Å². The molecule has 2 heterocycles. The number of carbonyl (C=O) groups is 1. The molecule has 0 unspecified atom stereocenters. The Bertz CT molecular complexity index is 447. The summed E-state index contributed by atoms with van der Waals surface area (Å²) in [6.07, 6.45) is 3.28. The molecular weight excluding hydrogens is 268 g/mol. The average Bonchev–Trinajstić information content (AvgIpc) is 2.86. The van der Waals surface area contributed by atoms with Gasteiger partial charge in [-0.2, -0.15) is 0 Å². The quantitative estimate of drug-likeness (QED) is 0.905. The van der Waals surface area contributed by atoms with Crippen LogP contribution in [-0.2, 0) is 6.42 Å². The van der Waals surface area contributed by atoms with E-state index >= 15 is 0 Å². The van der Waals surface area contributed by atoms with Gasteiger partial charge in [0.25, 0.3) is 5.91 Å². The summed E-state index contributed by atoms with van der Waals surface area (Å²) in [7, 11) is 0. The lowest BCUT2D eigenvalue weighted by molar-refractivity contribution is 0.0695. The van der Waals surface area contributed by atoms with Gasteiger partial charge in [-0.25, -0.2) is 0 Å². The van der Waals surface area contributed by atoms with Crippen LogP contribution in [0.2, 0.25) is 0 Å². The summed E-state index contributed by atoms with van der Waals surface area (Å²) in [6, 6.07) is 2.07. The Morgan fingerprint density at radius 3 is 2.65 bits per heavy atom. The summed E-state index contributed by atoms with van der Waals surface area (Å²) in [6.45, 7) is 10.3. The van der Waals surface area contributed by atoms with Gasteiger partial charge < -0.3 is 10.2 Å². The molecule has 1 fully saturated rings. The molecule has 4 heteroatoms. The van der Waals surface area contributed by atoms with E-state index < -0.39 is 0 Å². The molecule has 2 rings (SSSR count). The van der Waals surface area contributed by atoms with Crippen LogP contribution in [0, 0.1) is 12.8 Å². The highest BCUT2D eigenvalue weighted by Crippen LogP contribution is 2.25. The van der Waals surface area contributed by atoms with Crippen LogP contribution in [0.1, 0.15) is 46.8 Å². The number of thiophene rings is 1. The first kappa shape index (κ1) is 15.5. The summed E-state index contributed by atoms with van der Waals surface area (Å²) in [5, 5.41) is 3.41. The lowest BCUT2D eigenvalue weighted by Crippen LogP contribution is -2.40. The number of amides is 1. The first-order chi connectivity index (χ1) is 9.65. The van der Waals surface area contributed by atoms with Crippen LogP contribution in [0.4, 0.5) is 0 Å². The molecule has 1 N–H and O–H groups in total. The highest BCUT2D eigenvalue weighted by molar-refractivity contribution is 7.14. The highest BCUT2D eigenvalue weighted by atomic mass is 32.1. The molecule has 20 heavy (non-hydrogen) atoms. The number of rotatable bonds is 5. The minimum Gasteiger partial charge on any atom is -0.338 e. The van der Waals surface area contributed by atoms with Crippen molar-refractivity contribution < 1.29 is 4.79 Å². The van der Waals surface area contributed by atoms with Gasteiger partial charge in [-0.3, -0.25) is 4.79 Å². The van der Waals surface area contributed by atoms with Crippen molar-refractivity contribution in [2.75, 3.05) is 26.2 Å². The zero-order valence-corrected chi connectivity index (χ0v) is 13.7. The van der Waals surface area contributed by atoms with Crippen molar-refractivity contribution in [1.82, 2.24) is 10.2 Å². The maximum absolute atomic E-state index is 12.5. The lowest BCUT2D eigenvalue weighted by atomic mass is 9.96. The van der Waals surface area contributed by atoms with E-state index in [9.17, 15) is 4.79 Å². The Hall–Kier alpha value is -0.870. The van der Waals surface area contributed by atoms with E-state index in [1.165, 1.54) is 10.4 Å². The number of likely N-dealkylation sites (tertiary alicyclic amines) is 1. The zero-order valence-electron chi connectivity index (χ0n) is 12.9. The topological polar surface area (TPSA) is 32.3 Å². The summed E-state index contributed by atoms with van der Waals surface area (Å²) in [4.78, 5) is 16.8. The number of piperidine rings is 1. The number of hydrogen-bond acceptors (Lipinski definition) is 3. The van der Waals surface area contributed by atoms with Crippen molar-refractivity contribution in [3.8, 4) is 0 Å². The molecule has 0 aliphatic carbocycles. The van der Waals surface area contributed by atoms with E-state index in [0.717, 1.165) is 56.2 Å². The Balaban J connectivity index is 1.91. The second-order valence-corrected chi connectivity index (χ2v) is 6.75. The van der Waals surface area contributed by atoms with Crippen LogP contribution in [0.25, 0.3) is 0 Å². The van der Waals surface area contributed by atoms with E-state index in [1.54, 1.807) is 11.3 Å². The van der Waals surface area contributed by atoms with Crippen LogP contribution < -0.4 is 5.32 Å². The summed E-state index contributed by atoms with van der Waals surface area (Å²) < 4.78 is 0. The van der Waals surface area contributed by atoms with Crippen LogP contribution in [0.3, 0.4) is 0 Å². The second-order valence-electron chi connectivity index (χ2n) is 5.61. The number of hydrogen-bond donors (Lipinski definition) is 1. The predicted molar refractivity (Wildman–Crippen MR) is 85.6 cm³/mol. The first-order valence-corrected chi connectivity index (χ1v) is 8.56. The predicted octanol–water partition coefficient (Wildman–Crippen LogP) is 3.08. The summed E-state index contributed by atoms with van der Waals surface area (Å²) in [5.41, 5.74) is 1.27. The largest absolute Gasteiger partial charge is 0.338 e. The molecule has 0 aromatic carbocycles. The molecule has 0 saturated carbocycles. The number of nitrogens with zero attached hydrogens (tertiary/aromatic N) is 1. The first-order valence-electron chi connectivity index (χ1n) is 7.75. The van der Waals surface area contributed by atoms with Gasteiger partial charge in [-0.05, 0) is 56.8 Å². The number of nitrogens with one attached hydrogen (secondary N) is 1. The average molecular weight is 294 g/mol. The smallest absolute Gasteiger partial charge is 0.263 e. The van der Waals surface area contributed by atoms with Crippen molar-refractivity contribution >= 4 is 17.2 Å². The molecule has 0 spiro atoms. The van der Waals surface area contributed by atoms with Crippen LogP contribution in [-0.4, -0.2) is 37.0 Å². The third-order valence-electron chi connectivity index (χ3n) is 4.14. The third-order valence-corrected chi connectivity index (χ3v) is 5.51. The van der Waals surface area contributed by atoms with Crippen molar-refractivity contribution in [3.63, 3.8) is 0 Å². The normalized spacial score (nSPS) is 16.6. The minimum atomic E-state index is 0.236. The van der Waals surface area contributed by atoms with E-state index in [4.69, 9.17) is 0 Å². The van der Waals surface area contributed by atoms with Crippen LogP contribution in [0.15, 0.2) is 6.07 Å². The van der Waals surface area contributed by atoms with E-state index in [1.807, 2.05) is 4.90 Å². The Kier molecular flexibility index (Phi) is 5.61. The second kappa shape index (κ2) is 7.23. The van der Waals surface area contributed by atoms with Crippen molar-refractivity contribution in [1.29, 1.82) is 0 Å². The van der Waals surface area contributed by atoms with Gasteiger partial charge in [0.05, 0.1) is 4.88 Å². The molecule has 0 bridgehead atoms. The fourth-order valence-corrected chi connectivity index (χ4v) is 3.90. The van der Waals surface area contributed by atoms with Gasteiger partial charge in [0.15, 0.2) is 0 Å². The maximum Gasteiger partial charge on any atom is 0.263 e. The molecule has 0 radical (unpaired) electrons. The van der Waals surface area contributed by atoms with Gasteiger partial charge in [-0.1, -0.05) is 13.8 Å².